The molecule has 4 nitrogen and oxygen atoms in total. The van der Waals surface area contributed by atoms with Gasteiger partial charge in [0.15, 0.2) is 0 Å². The Morgan fingerprint density at radius 2 is 2.26 bits per heavy atom. The molecule has 1 saturated heterocycles. The minimum absolute atomic E-state index is 0.00713. The Bertz CT molecular complexity index is 488. The quantitative estimate of drug-likeness (QED) is 0.783. The van der Waals surface area contributed by atoms with E-state index in [1.54, 1.807) is 6.07 Å². The Labute approximate surface area is 118 Å². The van der Waals surface area contributed by atoms with E-state index in [9.17, 15) is 4.79 Å². The van der Waals surface area contributed by atoms with Crippen LogP contribution in [0.5, 0.6) is 0 Å². The molecule has 0 unspecified atom stereocenters. The normalized spacial score (nSPS) is 18.4. The van der Waals surface area contributed by atoms with Gasteiger partial charge in [-0.05, 0) is 32.4 Å². The number of aromatic nitrogens is 1. The third kappa shape index (κ3) is 3.07. The van der Waals surface area contributed by atoms with Crippen LogP contribution in [0.1, 0.15) is 36.8 Å². The molecule has 0 N–H and O–H groups in total. The van der Waals surface area contributed by atoms with Gasteiger partial charge in [-0.1, -0.05) is 18.5 Å². The third-order valence-electron chi connectivity index (χ3n) is 3.35. The molecule has 1 aliphatic rings. The Morgan fingerprint density at radius 3 is 2.89 bits per heavy atom. The predicted octanol–water partition coefficient (Wildman–Crippen LogP) is 2.55. The first kappa shape index (κ1) is 14.3. The van der Waals surface area contributed by atoms with E-state index in [1.807, 2.05) is 31.7 Å². The molecule has 5 heteroatoms. The molecule has 1 fully saturated rings. The summed E-state index contributed by atoms with van der Waals surface area (Å²) in [6.45, 7) is 7.74. The molecule has 1 aromatic rings. The van der Waals surface area contributed by atoms with Crippen LogP contribution in [0.15, 0.2) is 12.1 Å². The molecule has 0 spiro atoms. The number of hydrogen-bond donors (Lipinski definition) is 0. The van der Waals surface area contributed by atoms with Crippen LogP contribution in [0.25, 0.3) is 0 Å². The van der Waals surface area contributed by atoms with Gasteiger partial charge in [-0.25, -0.2) is 4.98 Å². The molecule has 2 heterocycles. The second-order valence-corrected chi connectivity index (χ2v) is 5.73. The lowest BCUT2D eigenvalue weighted by molar-refractivity contribution is -0.0370. The first-order chi connectivity index (χ1) is 8.94. The Morgan fingerprint density at radius 1 is 1.53 bits per heavy atom. The standard InChI is InChI=1S/C14H19ClN2O2/c1-4-11-7-10(8-12(15)16-11)13(18)17-5-6-19-9-14(17,2)3/h7-8H,4-6,9H2,1-3H3. The van der Waals surface area contributed by atoms with Crippen molar-refractivity contribution in [2.45, 2.75) is 32.7 Å². The number of carbonyl (C=O) groups excluding carboxylic acids is 1. The second kappa shape index (κ2) is 5.47. The zero-order valence-corrected chi connectivity index (χ0v) is 12.3. The van der Waals surface area contributed by atoms with E-state index >= 15 is 0 Å². The summed E-state index contributed by atoms with van der Waals surface area (Å²) < 4.78 is 5.44. The lowest BCUT2D eigenvalue weighted by atomic mass is 10.0. The molecule has 0 atom stereocenters. The minimum Gasteiger partial charge on any atom is -0.377 e. The number of aryl methyl sites for hydroxylation is 1. The lowest BCUT2D eigenvalue weighted by Crippen LogP contribution is -2.55. The van der Waals surface area contributed by atoms with Gasteiger partial charge in [-0.15, -0.1) is 0 Å². The van der Waals surface area contributed by atoms with Crippen LogP contribution in [-0.2, 0) is 11.2 Å². The van der Waals surface area contributed by atoms with Gasteiger partial charge in [0.25, 0.3) is 5.91 Å². The highest BCUT2D eigenvalue weighted by atomic mass is 35.5. The van der Waals surface area contributed by atoms with Crippen molar-refractivity contribution < 1.29 is 9.53 Å². The number of halogens is 1. The van der Waals surface area contributed by atoms with E-state index in [1.165, 1.54) is 0 Å². The van der Waals surface area contributed by atoms with Gasteiger partial charge in [0.2, 0.25) is 0 Å². The van der Waals surface area contributed by atoms with Crippen LogP contribution in [-0.4, -0.2) is 41.1 Å². The number of carbonyl (C=O) groups is 1. The smallest absolute Gasteiger partial charge is 0.254 e. The summed E-state index contributed by atoms with van der Waals surface area (Å²) in [6, 6.07) is 3.45. The van der Waals surface area contributed by atoms with Gasteiger partial charge in [-0.2, -0.15) is 0 Å². The number of nitrogens with zero attached hydrogens (tertiary/aromatic N) is 2. The van der Waals surface area contributed by atoms with Crippen LogP contribution in [0.4, 0.5) is 0 Å². The monoisotopic (exact) mass is 282 g/mol. The van der Waals surface area contributed by atoms with E-state index in [2.05, 4.69) is 4.98 Å². The summed E-state index contributed by atoms with van der Waals surface area (Å²) in [7, 11) is 0. The maximum Gasteiger partial charge on any atom is 0.254 e. The number of amides is 1. The average molecular weight is 283 g/mol. The first-order valence-electron chi connectivity index (χ1n) is 6.50. The van der Waals surface area contributed by atoms with Gasteiger partial charge in [0, 0.05) is 17.8 Å². The summed E-state index contributed by atoms with van der Waals surface area (Å²) >= 11 is 5.98. The van der Waals surface area contributed by atoms with Gasteiger partial charge in [0.1, 0.15) is 5.15 Å². The highest BCUT2D eigenvalue weighted by Crippen LogP contribution is 2.23. The van der Waals surface area contributed by atoms with Crippen LogP contribution in [0.3, 0.4) is 0 Å². The zero-order valence-electron chi connectivity index (χ0n) is 11.6. The van der Waals surface area contributed by atoms with Crippen molar-refractivity contribution in [3.63, 3.8) is 0 Å². The van der Waals surface area contributed by atoms with Gasteiger partial charge < -0.3 is 9.64 Å². The topological polar surface area (TPSA) is 42.4 Å². The van der Waals surface area contributed by atoms with Crippen molar-refractivity contribution in [1.82, 2.24) is 9.88 Å². The molecule has 104 valence electrons. The van der Waals surface area contributed by atoms with E-state index in [0.717, 1.165) is 12.1 Å². The largest absolute Gasteiger partial charge is 0.377 e. The van der Waals surface area contributed by atoms with Crippen molar-refractivity contribution in [3.05, 3.63) is 28.5 Å². The van der Waals surface area contributed by atoms with Crippen molar-refractivity contribution >= 4 is 17.5 Å². The van der Waals surface area contributed by atoms with Gasteiger partial charge in [0.05, 0.1) is 18.8 Å². The SMILES string of the molecule is CCc1cc(C(=O)N2CCOCC2(C)C)cc(Cl)n1. The van der Waals surface area contributed by atoms with Crippen LogP contribution in [0.2, 0.25) is 5.15 Å². The molecule has 2 rings (SSSR count). The van der Waals surface area contributed by atoms with Crippen LogP contribution in [0, 0.1) is 0 Å². The molecule has 1 aromatic heterocycles. The number of morpholine rings is 1. The fourth-order valence-corrected chi connectivity index (χ4v) is 2.47. The molecule has 0 radical (unpaired) electrons. The lowest BCUT2D eigenvalue weighted by Gasteiger charge is -2.42. The first-order valence-corrected chi connectivity index (χ1v) is 6.88. The second-order valence-electron chi connectivity index (χ2n) is 5.35. The average Bonchev–Trinajstić information content (AvgIpc) is 2.36. The molecular formula is C14H19ClN2O2. The number of ether oxygens (including phenoxy) is 1. The molecule has 0 bridgehead atoms. The molecular weight excluding hydrogens is 264 g/mol. The predicted molar refractivity (Wildman–Crippen MR) is 74.6 cm³/mol. The zero-order chi connectivity index (χ0) is 14.0. The van der Waals surface area contributed by atoms with Gasteiger partial charge >= 0.3 is 0 Å². The summed E-state index contributed by atoms with van der Waals surface area (Å²) in [5.41, 5.74) is 1.14. The van der Waals surface area contributed by atoms with E-state index in [-0.39, 0.29) is 11.4 Å². The molecule has 0 saturated carbocycles. The highest BCUT2D eigenvalue weighted by Gasteiger charge is 2.34. The summed E-state index contributed by atoms with van der Waals surface area (Å²) in [4.78, 5) is 18.7. The van der Waals surface area contributed by atoms with Crippen LogP contribution >= 0.6 is 11.6 Å². The third-order valence-corrected chi connectivity index (χ3v) is 3.54. The van der Waals surface area contributed by atoms with E-state index in [4.69, 9.17) is 16.3 Å². The summed E-state index contributed by atoms with van der Waals surface area (Å²) in [6.07, 6.45) is 0.757. The maximum atomic E-state index is 12.6. The maximum absolute atomic E-state index is 12.6. The summed E-state index contributed by atoms with van der Waals surface area (Å²) in [5, 5.41) is 0.369. The minimum atomic E-state index is -0.294. The van der Waals surface area contributed by atoms with Crippen LogP contribution < -0.4 is 0 Å². The summed E-state index contributed by atoms with van der Waals surface area (Å²) in [5.74, 6) is -0.00713. The fourth-order valence-electron chi connectivity index (χ4n) is 2.25. The molecule has 1 amide bonds. The van der Waals surface area contributed by atoms with Crippen molar-refractivity contribution in [3.8, 4) is 0 Å². The Hall–Kier alpha value is -1.13. The van der Waals surface area contributed by atoms with Crippen molar-refractivity contribution in [2.24, 2.45) is 0 Å². The molecule has 0 aliphatic carbocycles. The Balaban J connectivity index is 2.30. The number of pyridine rings is 1. The Kier molecular flexibility index (Phi) is 4.11. The fraction of sp³-hybridized carbons (Fsp3) is 0.571. The van der Waals surface area contributed by atoms with E-state index < -0.39 is 0 Å². The molecule has 1 aliphatic heterocycles. The highest BCUT2D eigenvalue weighted by molar-refractivity contribution is 6.29. The number of rotatable bonds is 2. The number of hydrogen-bond acceptors (Lipinski definition) is 3. The van der Waals surface area contributed by atoms with Crippen molar-refractivity contribution in [1.29, 1.82) is 0 Å². The van der Waals surface area contributed by atoms with Gasteiger partial charge in [-0.3, -0.25) is 4.79 Å². The van der Waals surface area contributed by atoms with E-state index in [0.29, 0.717) is 30.5 Å². The molecule has 0 aromatic carbocycles. The van der Waals surface area contributed by atoms with Crippen molar-refractivity contribution in [2.75, 3.05) is 19.8 Å². The molecule has 19 heavy (non-hydrogen) atoms.